The summed E-state index contributed by atoms with van der Waals surface area (Å²) in [6.45, 7) is 3.52. The summed E-state index contributed by atoms with van der Waals surface area (Å²) in [5.74, 6) is 2.46. The highest BCUT2D eigenvalue weighted by Gasteiger charge is 2.08. The van der Waals surface area contributed by atoms with Gasteiger partial charge in [0.2, 0.25) is 11.8 Å². The maximum absolute atomic E-state index is 11.9. The van der Waals surface area contributed by atoms with Gasteiger partial charge in [0, 0.05) is 25.6 Å². The van der Waals surface area contributed by atoms with E-state index < -0.39 is 0 Å². The number of hydrogen-bond acceptors (Lipinski definition) is 7. The van der Waals surface area contributed by atoms with E-state index in [9.17, 15) is 4.79 Å². The molecule has 0 aliphatic carbocycles. The Hall–Kier alpha value is -2.35. The van der Waals surface area contributed by atoms with Crippen molar-refractivity contribution in [3.05, 3.63) is 35.8 Å². The smallest absolute Gasteiger partial charge is 0.234 e. The van der Waals surface area contributed by atoms with Gasteiger partial charge in [-0.25, -0.2) is 4.98 Å². The largest absolute Gasteiger partial charge is 0.441 e. The van der Waals surface area contributed by atoms with Crippen molar-refractivity contribution in [1.82, 2.24) is 15.1 Å². The number of nitrogens with zero attached hydrogens (tertiary/aromatic N) is 3. The average Bonchev–Trinajstić information content (AvgIpc) is 3.03. The molecule has 0 radical (unpaired) electrons. The minimum Gasteiger partial charge on any atom is -0.441 e. The van der Waals surface area contributed by atoms with E-state index in [0.717, 1.165) is 5.52 Å². The molecule has 8 heteroatoms. The van der Waals surface area contributed by atoms with Crippen LogP contribution in [0.1, 0.15) is 17.6 Å². The van der Waals surface area contributed by atoms with Crippen molar-refractivity contribution in [3.8, 4) is 0 Å². The Morgan fingerprint density at radius 3 is 2.91 bits per heavy atom. The molecule has 1 N–H and O–H groups in total. The minimum absolute atomic E-state index is 0.0965. The molecule has 114 valence electrons. The molecule has 2 aromatic heterocycles. The van der Waals surface area contributed by atoms with Crippen LogP contribution in [0.5, 0.6) is 0 Å². The van der Waals surface area contributed by atoms with E-state index >= 15 is 0 Å². The highest BCUT2D eigenvalue weighted by atomic mass is 32.2. The fourth-order valence-corrected chi connectivity index (χ4v) is 2.61. The summed E-state index contributed by atoms with van der Waals surface area (Å²) in [6, 6.07) is 5.38. The number of aryl methyl sites for hydroxylation is 2. The van der Waals surface area contributed by atoms with Crippen molar-refractivity contribution in [3.63, 3.8) is 0 Å². The summed E-state index contributed by atoms with van der Waals surface area (Å²) < 4.78 is 10.3. The Kier molecular flexibility index (Phi) is 4.10. The van der Waals surface area contributed by atoms with Crippen molar-refractivity contribution in [2.45, 2.75) is 19.6 Å². The van der Waals surface area contributed by atoms with E-state index in [1.807, 2.05) is 6.07 Å². The monoisotopic (exact) mass is 318 g/mol. The van der Waals surface area contributed by atoms with Gasteiger partial charge in [-0.2, -0.15) is 4.98 Å². The number of hydrogen-bond donors (Lipinski definition) is 1. The zero-order valence-corrected chi connectivity index (χ0v) is 12.9. The molecule has 0 aliphatic rings. The van der Waals surface area contributed by atoms with Crippen LogP contribution in [0.25, 0.3) is 11.1 Å². The molecular weight excluding hydrogens is 304 g/mol. The molecule has 0 atom stereocenters. The Morgan fingerprint density at radius 2 is 2.14 bits per heavy atom. The number of carbonyl (C=O) groups excluding carboxylic acids is 1. The van der Waals surface area contributed by atoms with Crippen LogP contribution in [0.3, 0.4) is 0 Å². The van der Waals surface area contributed by atoms with E-state index in [1.54, 1.807) is 26.0 Å². The second-order valence-electron chi connectivity index (χ2n) is 4.69. The van der Waals surface area contributed by atoms with Crippen molar-refractivity contribution in [2.24, 2.45) is 0 Å². The van der Waals surface area contributed by atoms with Crippen molar-refractivity contribution < 1.29 is 13.7 Å². The fraction of sp³-hybridized carbons (Fsp3) is 0.286. The molecule has 22 heavy (non-hydrogen) atoms. The number of aromatic nitrogens is 3. The van der Waals surface area contributed by atoms with E-state index in [-0.39, 0.29) is 5.91 Å². The third-order valence-electron chi connectivity index (χ3n) is 2.81. The van der Waals surface area contributed by atoms with E-state index in [1.165, 1.54) is 11.8 Å². The Labute approximate surface area is 130 Å². The Balaban J connectivity index is 1.53. The maximum Gasteiger partial charge on any atom is 0.234 e. The lowest BCUT2D eigenvalue weighted by Crippen LogP contribution is -2.14. The Morgan fingerprint density at radius 1 is 1.27 bits per heavy atom. The molecule has 1 amide bonds. The zero-order valence-electron chi connectivity index (χ0n) is 12.1. The van der Waals surface area contributed by atoms with Gasteiger partial charge in [0.25, 0.3) is 0 Å². The van der Waals surface area contributed by atoms with Gasteiger partial charge in [0.05, 0.1) is 11.5 Å². The first-order valence-electron chi connectivity index (χ1n) is 6.64. The third-order valence-corrected chi connectivity index (χ3v) is 3.74. The van der Waals surface area contributed by atoms with Crippen LogP contribution in [0.15, 0.2) is 27.1 Å². The molecule has 0 aliphatic heterocycles. The van der Waals surface area contributed by atoms with Gasteiger partial charge in [-0.15, -0.1) is 11.8 Å². The lowest BCUT2D eigenvalue weighted by molar-refractivity contribution is -0.113. The summed E-state index contributed by atoms with van der Waals surface area (Å²) in [7, 11) is 0. The van der Waals surface area contributed by atoms with E-state index in [2.05, 4.69) is 20.4 Å². The molecule has 0 fully saturated rings. The molecule has 0 bridgehead atoms. The summed E-state index contributed by atoms with van der Waals surface area (Å²) >= 11 is 1.42. The molecule has 0 saturated carbocycles. The van der Waals surface area contributed by atoms with Crippen LogP contribution in [-0.4, -0.2) is 26.8 Å². The number of oxazole rings is 1. The molecule has 2 heterocycles. The average molecular weight is 318 g/mol. The number of thioether (sulfide) groups is 1. The molecule has 0 unspecified atom stereocenters. The number of rotatable bonds is 5. The van der Waals surface area contributed by atoms with Gasteiger partial charge in [-0.1, -0.05) is 5.16 Å². The van der Waals surface area contributed by atoms with Crippen LogP contribution in [0, 0.1) is 13.8 Å². The SMILES string of the molecule is Cc1nc(CSCC(=O)Nc2ccc3nc(C)oc3c2)no1. The maximum atomic E-state index is 11.9. The first-order valence-corrected chi connectivity index (χ1v) is 7.79. The summed E-state index contributed by atoms with van der Waals surface area (Å²) in [4.78, 5) is 20.2. The molecule has 0 spiro atoms. The molecule has 3 aromatic rings. The van der Waals surface area contributed by atoms with Crippen molar-refractivity contribution in [2.75, 3.05) is 11.1 Å². The normalized spacial score (nSPS) is 11.0. The highest BCUT2D eigenvalue weighted by molar-refractivity contribution is 7.99. The van der Waals surface area contributed by atoms with E-state index in [0.29, 0.717) is 40.4 Å². The van der Waals surface area contributed by atoms with Gasteiger partial charge < -0.3 is 14.3 Å². The van der Waals surface area contributed by atoms with Gasteiger partial charge >= 0.3 is 0 Å². The lowest BCUT2D eigenvalue weighted by atomic mass is 10.3. The Bertz CT molecular complexity index is 811. The lowest BCUT2D eigenvalue weighted by Gasteiger charge is -2.04. The van der Waals surface area contributed by atoms with Crippen LogP contribution < -0.4 is 5.32 Å². The highest BCUT2D eigenvalue weighted by Crippen LogP contribution is 2.20. The third kappa shape index (κ3) is 3.45. The van der Waals surface area contributed by atoms with Crippen molar-refractivity contribution in [1.29, 1.82) is 0 Å². The number of fused-ring (bicyclic) bond motifs is 1. The number of nitrogens with one attached hydrogen (secondary N) is 1. The van der Waals surface area contributed by atoms with Crippen LogP contribution in [0.2, 0.25) is 0 Å². The zero-order chi connectivity index (χ0) is 15.5. The molecule has 7 nitrogen and oxygen atoms in total. The fourth-order valence-electron chi connectivity index (χ4n) is 1.95. The number of anilines is 1. The summed E-state index contributed by atoms with van der Waals surface area (Å²) in [5, 5.41) is 6.60. The predicted molar refractivity (Wildman–Crippen MR) is 82.6 cm³/mol. The molecular formula is C14H14N4O3S. The second kappa shape index (κ2) is 6.18. The standard InChI is InChI=1S/C14H14N4O3S/c1-8-15-11-4-3-10(5-12(11)20-8)17-14(19)7-22-6-13-16-9(2)21-18-13/h3-5H,6-7H2,1-2H3,(H,17,19). The topological polar surface area (TPSA) is 94.1 Å². The summed E-state index contributed by atoms with van der Waals surface area (Å²) in [6.07, 6.45) is 0. The van der Waals surface area contributed by atoms with Crippen LogP contribution >= 0.6 is 11.8 Å². The van der Waals surface area contributed by atoms with Crippen molar-refractivity contribution >= 4 is 34.5 Å². The first-order chi connectivity index (χ1) is 10.6. The van der Waals surface area contributed by atoms with E-state index in [4.69, 9.17) is 8.94 Å². The van der Waals surface area contributed by atoms with Crippen LogP contribution in [-0.2, 0) is 10.5 Å². The minimum atomic E-state index is -0.0965. The molecule has 3 rings (SSSR count). The van der Waals surface area contributed by atoms with Gasteiger partial charge in [0.1, 0.15) is 5.52 Å². The molecule has 1 aromatic carbocycles. The molecule has 0 saturated heterocycles. The van der Waals surface area contributed by atoms with Gasteiger partial charge in [-0.05, 0) is 12.1 Å². The van der Waals surface area contributed by atoms with Crippen LogP contribution in [0.4, 0.5) is 5.69 Å². The quantitative estimate of drug-likeness (QED) is 0.772. The second-order valence-corrected chi connectivity index (χ2v) is 5.67. The van der Waals surface area contributed by atoms with Gasteiger partial charge in [-0.3, -0.25) is 4.79 Å². The van der Waals surface area contributed by atoms with Gasteiger partial charge in [0.15, 0.2) is 17.3 Å². The predicted octanol–water partition coefficient (Wildman–Crippen LogP) is 2.70. The number of benzene rings is 1. The first kappa shape index (κ1) is 14.6. The number of amides is 1. The number of carbonyl (C=O) groups is 1. The summed E-state index contributed by atoms with van der Waals surface area (Å²) in [5.41, 5.74) is 2.12.